The molecule has 0 aliphatic rings. The minimum absolute atomic E-state index is 0.258. The van der Waals surface area contributed by atoms with Gasteiger partial charge in [0.25, 0.3) is 5.56 Å². The van der Waals surface area contributed by atoms with Crippen molar-refractivity contribution in [2.24, 2.45) is 0 Å². The first-order valence-electron chi connectivity index (χ1n) is 4.59. The third-order valence-corrected chi connectivity index (χ3v) is 2.13. The summed E-state index contributed by atoms with van der Waals surface area (Å²) in [7, 11) is 0. The fourth-order valence-corrected chi connectivity index (χ4v) is 1.41. The molecule has 0 aliphatic heterocycles. The van der Waals surface area contributed by atoms with E-state index < -0.39 is 0 Å². The predicted octanol–water partition coefficient (Wildman–Crippen LogP) is 0.328. The Labute approximate surface area is 89.0 Å². The van der Waals surface area contributed by atoms with E-state index >= 15 is 0 Å². The van der Waals surface area contributed by atoms with Crippen molar-refractivity contribution in [2.75, 3.05) is 0 Å². The van der Waals surface area contributed by atoms with E-state index in [0.717, 1.165) is 0 Å². The zero-order valence-electron chi connectivity index (χ0n) is 8.03. The fraction of sp³-hybridized carbons (Fsp3) is 0. The van der Waals surface area contributed by atoms with Crippen molar-refractivity contribution in [3.05, 3.63) is 40.9 Å². The molecular formula is C10H5N5O. The van der Waals surface area contributed by atoms with Crippen molar-refractivity contribution < 1.29 is 0 Å². The van der Waals surface area contributed by atoms with E-state index in [-0.39, 0.29) is 11.2 Å². The van der Waals surface area contributed by atoms with Crippen LogP contribution in [0.1, 0.15) is 0 Å². The number of hydrogen-bond donors (Lipinski definition) is 0. The van der Waals surface area contributed by atoms with Gasteiger partial charge in [0, 0.05) is 6.20 Å². The second-order valence-corrected chi connectivity index (χ2v) is 3.14. The number of aromatic nitrogens is 5. The molecule has 6 heteroatoms. The lowest BCUT2D eigenvalue weighted by Crippen LogP contribution is -2.02. The van der Waals surface area contributed by atoms with Crippen LogP contribution < -0.4 is 5.56 Å². The van der Waals surface area contributed by atoms with Gasteiger partial charge in [0.05, 0.1) is 11.6 Å². The lowest BCUT2D eigenvalue weighted by molar-refractivity contribution is 1.05. The van der Waals surface area contributed by atoms with Gasteiger partial charge < -0.3 is 0 Å². The summed E-state index contributed by atoms with van der Waals surface area (Å²) in [5.41, 5.74) is 0.717. The molecule has 0 aromatic carbocycles. The van der Waals surface area contributed by atoms with Crippen LogP contribution in [-0.4, -0.2) is 25.1 Å². The fourth-order valence-electron chi connectivity index (χ4n) is 1.41. The van der Waals surface area contributed by atoms with Gasteiger partial charge in [0.2, 0.25) is 0 Å². The molecule has 0 bridgehead atoms. The van der Waals surface area contributed by atoms with E-state index in [1.807, 2.05) is 0 Å². The zero-order valence-corrected chi connectivity index (χ0v) is 8.03. The molecule has 16 heavy (non-hydrogen) atoms. The van der Waals surface area contributed by atoms with Crippen molar-refractivity contribution in [1.29, 1.82) is 0 Å². The molecule has 0 amide bonds. The minimum atomic E-state index is -0.375. The molecule has 3 aromatic rings. The summed E-state index contributed by atoms with van der Waals surface area (Å²) < 4.78 is 0. The molecule has 3 rings (SSSR count). The molecule has 0 aliphatic carbocycles. The van der Waals surface area contributed by atoms with Crippen LogP contribution >= 0.6 is 0 Å². The summed E-state index contributed by atoms with van der Waals surface area (Å²) in [6, 6.07) is 4.93. The molecule has 3 heterocycles. The Bertz CT molecular complexity index is 743. The van der Waals surface area contributed by atoms with Gasteiger partial charge in [-0.15, -0.1) is 5.10 Å². The van der Waals surface area contributed by atoms with Crippen molar-refractivity contribution in [2.45, 2.75) is 0 Å². The summed E-state index contributed by atoms with van der Waals surface area (Å²) in [5.74, 6) is 0. The van der Waals surface area contributed by atoms with Crippen LogP contribution in [0, 0.1) is 0 Å². The van der Waals surface area contributed by atoms with Crippen molar-refractivity contribution in [3.8, 4) is 0 Å². The van der Waals surface area contributed by atoms with E-state index in [2.05, 4.69) is 25.1 Å². The highest BCUT2D eigenvalue weighted by atomic mass is 16.1. The summed E-state index contributed by atoms with van der Waals surface area (Å²) in [6.07, 6.45) is 3.02. The molecule has 0 saturated carbocycles. The maximum absolute atomic E-state index is 11.7. The molecule has 0 unspecified atom stereocenters. The van der Waals surface area contributed by atoms with Gasteiger partial charge in [-0.3, -0.25) is 4.79 Å². The molecule has 0 N–H and O–H groups in total. The lowest BCUT2D eigenvalue weighted by atomic mass is 10.4. The monoisotopic (exact) mass is 211 g/mol. The largest absolute Gasteiger partial charge is 0.281 e. The second-order valence-electron chi connectivity index (χ2n) is 3.14. The van der Waals surface area contributed by atoms with Crippen LogP contribution in [0.4, 0.5) is 0 Å². The second kappa shape index (κ2) is 3.27. The number of nitrogens with zero attached hydrogens (tertiary/aromatic N) is 5. The van der Waals surface area contributed by atoms with Gasteiger partial charge in [-0.2, -0.15) is 5.10 Å². The Morgan fingerprint density at radius 2 is 1.94 bits per heavy atom. The van der Waals surface area contributed by atoms with Crippen LogP contribution in [0.25, 0.3) is 22.2 Å². The summed E-state index contributed by atoms with van der Waals surface area (Å²) in [4.78, 5) is 23.8. The molecule has 0 fully saturated rings. The number of pyridine rings is 1. The van der Waals surface area contributed by atoms with Gasteiger partial charge >= 0.3 is 0 Å². The molecule has 0 saturated heterocycles. The molecular weight excluding hydrogens is 206 g/mol. The average molecular weight is 211 g/mol. The van der Waals surface area contributed by atoms with Crippen molar-refractivity contribution in [3.63, 3.8) is 0 Å². The van der Waals surface area contributed by atoms with Gasteiger partial charge in [0.1, 0.15) is 5.52 Å². The summed E-state index contributed by atoms with van der Waals surface area (Å²) in [5, 5.41) is 7.81. The molecule has 0 radical (unpaired) electrons. The molecule has 0 spiro atoms. The Morgan fingerprint density at radius 1 is 1.00 bits per heavy atom. The van der Waals surface area contributed by atoms with Crippen LogP contribution in [0.2, 0.25) is 0 Å². The van der Waals surface area contributed by atoms with Crippen molar-refractivity contribution in [1.82, 2.24) is 25.1 Å². The average Bonchev–Trinajstić information content (AvgIpc) is 2.45. The molecule has 0 atom stereocenters. The lowest BCUT2D eigenvalue weighted by Gasteiger charge is -1.86. The SMILES string of the molecule is O=c1nc2cccnc2nc2nnccc12. The van der Waals surface area contributed by atoms with Crippen LogP contribution in [-0.2, 0) is 0 Å². The zero-order chi connectivity index (χ0) is 11.0. The van der Waals surface area contributed by atoms with Crippen LogP contribution in [0.15, 0.2) is 35.4 Å². The van der Waals surface area contributed by atoms with Crippen LogP contribution in [0.3, 0.4) is 0 Å². The first-order chi connectivity index (χ1) is 7.84. The first kappa shape index (κ1) is 8.78. The van der Waals surface area contributed by atoms with Crippen molar-refractivity contribution >= 4 is 22.2 Å². The van der Waals surface area contributed by atoms with E-state index in [9.17, 15) is 4.79 Å². The highest BCUT2D eigenvalue weighted by Gasteiger charge is 2.03. The van der Waals surface area contributed by atoms with Crippen LogP contribution in [0.5, 0.6) is 0 Å². The highest BCUT2D eigenvalue weighted by molar-refractivity contribution is 5.78. The predicted molar refractivity (Wildman–Crippen MR) is 56.7 cm³/mol. The third-order valence-electron chi connectivity index (χ3n) is 2.13. The summed E-state index contributed by atoms with van der Waals surface area (Å²) in [6.45, 7) is 0. The molecule has 3 aromatic heterocycles. The maximum atomic E-state index is 11.7. The highest BCUT2D eigenvalue weighted by Crippen LogP contribution is 2.05. The van der Waals surface area contributed by atoms with Gasteiger partial charge in [0.15, 0.2) is 11.3 Å². The maximum Gasteiger partial charge on any atom is 0.281 e. The minimum Gasteiger partial charge on any atom is -0.267 e. The number of rotatable bonds is 0. The topological polar surface area (TPSA) is 81.5 Å². The Morgan fingerprint density at radius 3 is 2.88 bits per heavy atom. The Hall–Kier alpha value is -2.50. The number of hydrogen-bond acceptors (Lipinski definition) is 6. The van der Waals surface area contributed by atoms with E-state index in [1.54, 1.807) is 24.4 Å². The molecule has 76 valence electrons. The Kier molecular flexibility index (Phi) is 1.79. The van der Waals surface area contributed by atoms with E-state index in [0.29, 0.717) is 16.6 Å². The smallest absolute Gasteiger partial charge is 0.267 e. The van der Waals surface area contributed by atoms with E-state index in [4.69, 9.17) is 0 Å². The molecule has 6 nitrogen and oxygen atoms in total. The van der Waals surface area contributed by atoms with Gasteiger partial charge in [-0.25, -0.2) is 15.0 Å². The van der Waals surface area contributed by atoms with Gasteiger partial charge in [-0.05, 0) is 18.2 Å². The quantitative estimate of drug-likeness (QED) is 0.533. The summed E-state index contributed by atoms with van der Waals surface area (Å²) >= 11 is 0. The normalized spacial score (nSPS) is 10.8. The standard InChI is InChI=1S/C10H5N5O/c16-10-6-3-5-12-15-8(6)14-9-7(13-10)2-1-4-11-9/h1-5H. The first-order valence-corrected chi connectivity index (χ1v) is 4.59. The Balaban J connectivity index is 2.65. The third kappa shape index (κ3) is 1.28. The number of fused-ring (bicyclic) bond motifs is 2. The van der Waals surface area contributed by atoms with Gasteiger partial charge in [-0.1, -0.05) is 0 Å². The van der Waals surface area contributed by atoms with E-state index in [1.165, 1.54) is 6.20 Å².